The quantitative estimate of drug-likeness (QED) is 0.770. The molecule has 1 heterocycles. The molecule has 21 heavy (non-hydrogen) atoms. The number of methoxy groups -OCH3 is 1. The standard InChI is InChI=1S/C15H20N2O4/c1-20-14(18)11-13-15(19)16-7-8-17(13)9-10-21-12-5-3-2-4-6-12/h2-6,13H,7-11H2,1H3,(H,16,19)/t13-/m0/s1. The molecule has 0 spiro atoms. The van der Waals surface area contributed by atoms with Gasteiger partial charge < -0.3 is 14.8 Å². The minimum absolute atomic E-state index is 0.0632. The highest BCUT2D eigenvalue weighted by molar-refractivity contribution is 5.87. The number of rotatable bonds is 6. The van der Waals surface area contributed by atoms with E-state index in [4.69, 9.17) is 4.74 Å². The number of nitrogens with one attached hydrogen (secondary N) is 1. The molecule has 1 amide bonds. The summed E-state index contributed by atoms with van der Waals surface area (Å²) in [5.41, 5.74) is 0. The smallest absolute Gasteiger partial charge is 0.307 e. The molecule has 0 aromatic heterocycles. The van der Waals surface area contributed by atoms with Crippen molar-refractivity contribution in [2.75, 3.05) is 33.4 Å². The van der Waals surface area contributed by atoms with Gasteiger partial charge >= 0.3 is 5.97 Å². The van der Waals surface area contributed by atoms with Crippen LogP contribution in [0.4, 0.5) is 0 Å². The predicted molar refractivity (Wildman–Crippen MR) is 76.9 cm³/mol. The van der Waals surface area contributed by atoms with E-state index in [1.807, 2.05) is 35.2 Å². The van der Waals surface area contributed by atoms with E-state index < -0.39 is 6.04 Å². The molecule has 1 aromatic rings. The van der Waals surface area contributed by atoms with Gasteiger partial charge in [0.2, 0.25) is 5.91 Å². The third-order valence-electron chi connectivity index (χ3n) is 3.42. The molecule has 1 aromatic carbocycles. The van der Waals surface area contributed by atoms with Crippen molar-refractivity contribution < 1.29 is 19.1 Å². The Kier molecular flexibility index (Phi) is 5.57. The number of piperazine rings is 1. The van der Waals surface area contributed by atoms with Crippen molar-refractivity contribution in [2.24, 2.45) is 0 Å². The lowest BCUT2D eigenvalue weighted by atomic mass is 10.1. The number of carbonyl (C=O) groups is 2. The van der Waals surface area contributed by atoms with Gasteiger partial charge in [-0.3, -0.25) is 14.5 Å². The third-order valence-corrected chi connectivity index (χ3v) is 3.42. The molecule has 114 valence electrons. The maximum Gasteiger partial charge on any atom is 0.307 e. The van der Waals surface area contributed by atoms with E-state index in [2.05, 4.69) is 10.1 Å². The number of ether oxygens (including phenoxy) is 2. The molecule has 1 aliphatic rings. The van der Waals surface area contributed by atoms with Crippen molar-refractivity contribution in [3.8, 4) is 5.75 Å². The first-order valence-electron chi connectivity index (χ1n) is 6.97. The normalized spacial score (nSPS) is 18.9. The molecular weight excluding hydrogens is 272 g/mol. The van der Waals surface area contributed by atoms with Crippen molar-refractivity contribution in [3.05, 3.63) is 30.3 Å². The maximum atomic E-state index is 11.9. The number of amides is 1. The summed E-state index contributed by atoms with van der Waals surface area (Å²) in [6.07, 6.45) is 0.0632. The highest BCUT2D eigenvalue weighted by Crippen LogP contribution is 2.11. The van der Waals surface area contributed by atoms with E-state index in [1.165, 1.54) is 7.11 Å². The minimum atomic E-state index is -0.481. The van der Waals surface area contributed by atoms with Crippen LogP contribution in [-0.2, 0) is 14.3 Å². The largest absolute Gasteiger partial charge is 0.492 e. The van der Waals surface area contributed by atoms with Gasteiger partial charge in [0.1, 0.15) is 12.4 Å². The second kappa shape index (κ2) is 7.64. The number of esters is 1. The molecule has 0 unspecified atom stereocenters. The third kappa shape index (κ3) is 4.46. The Morgan fingerprint density at radius 1 is 1.38 bits per heavy atom. The van der Waals surface area contributed by atoms with Gasteiger partial charge in [0, 0.05) is 19.6 Å². The van der Waals surface area contributed by atoms with Crippen molar-refractivity contribution in [2.45, 2.75) is 12.5 Å². The molecule has 0 bridgehead atoms. The molecule has 1 saturated heterocycles. The number of nitrogens with zero attached hydrogens (tertiary/aromatic N) is 1. The van der Waals surface area contributed by atoms with Gasteiger partial charge in [0.05, 0.1) is 19.6 Å². The number of carbonyl (C=O) groups excluding carboxylic acids is 2. The Bertz CT molecular complexity index is 478. The summed E-state index contributed by atoms with van der Waals surface area (Å²) in [5, 5.41) is 2.77. The fraction of sp³-hybridized carbons (Fsp3) is 0.467. The monoisotopic (exact) mass is 292 g/mol. The molecule has 1 fully saturated rings. The van der Waals surface area contributed by atoms with Crippen molar-refractivity contribution in [1.29, 1.82) is 0 Å². The zero-order valence-corrected chi connectivity index (χ0v) is 12.1. The Balaban J connectivity index is 1.86. The van der Waals surface area contributed by atoms with Crippen LogP contribution in [-0.4, -0.2) is 56.2 Å². The first kappa shape index (κ1) is 15.3. The highest BCUT2D eigenvalue weighted by Gasteiger charge is 2.31. The Labute approximate surface area is 124 Å². The van der Waals surface area contributed by atoms with Crippen LogP contribution in [0.1, 0.15) is 6.42 Å². The van der Waals surface area contributed by atoms with Crippen molar-refractivity contribution in [1.82, 2.24) is 10.2 Å². The van der Waals surface area contributed by atoms with Crippen LogP contribution in [0.2, 0.25) is 0 Å². The van der Waals surface area contributed by atoms with Crippen LogP contribution in [0.25, 0.3) is 0 Å². The Morgan fingerprint density at radius 3 is 2.86 bits per heavy atom. The summed E-state index contributed by atoms with van der Waals surface area (Å²) in [6, 6.07) is 9.02. The molecule has 1 aliphatic heterocycles. The summed E-state index contributed by atoms with van der Waals surface area (Å²) in [5.74, 6) is 0.279. The molecule has 0 saturated carbocycles. The predicted octanol–water partition coefficient (Wildman–Crippen LogP) is 0.429. The van der Waals surface area contributed by atoms with E-state index in [-0.39, 0.29) is 18.3 Å². The summed E-state index contributed by atoms with van der Waals surface area (Å²) in [4.78, 5) is 25.3. The first-order chi connectivity index (χ1) is 10.2. The first-order valence-corrected chi connectivity index (χ1v) is 6.97. The van der Waals surface area contributed by atoms with Gasteiger partial charge in [0.15, 0.2) is 0 Å². The minimum Gasteiger partial charge on any atom is -0.492 e. The lowest BCUT2D eigenvalue weighted by molar-refractivity contribution is -0.146. The van der Waals surface area contributed by atoms with E-state index in [0.29, 0.717) is 26.2 Å². The number of hydrogen-bond acceptors (Lipinski definition) is 5. The van der Waals surface area contributed by atoms with E-state index in [0.717, 1.165) is 5.75 Å². The number of para-hydroxylation sites is 1. The second-order valence-electron chi connectivity index (χ2n) is 4.78. The summed E-state index contributed by atoms with van der Waals surface area (Å²) >= 11 is 0. The van der Waals surface area contributed by atoms with Crippen LogP contribution in [0.5, 0.6) is 5.75 Å². The molecular formula is C15H20N2O4. The molecule has 0 radical (unpaired) electrons. The molecule has 2 rings (SSSR count). The van der Waals surface area contributed by atoms with Crippen molar-refractivity contribution in [3.63, 3.8) is 0 Å². The van der Waals surface area contributed by atoms with Gasteiger partial charge in [0.25, 0.3) is 0 Å². The topological polar surface area (TPSA) is 67.9 Å². The van der Waals surface area contributed by atoms with Crippen LogP contribution in [0.15, 0.2) is 30.3 Å². The van der Waals surface area contributed by atoms with Gasteiger partial charge in [-0.1, -0.05) is 18.2 Å². The van der Waals surface area contributed by atoms with Gasteiger partial charge in [-0.25, -0.2) is 0 Å². The average molecular weight is 292 g/mol. The van der Waals surface area contributed by atoms with Crippen molar-refractivity contribution >= 4 is 11.9 Å². The van der Waals surface area contributed by atoms with E-state index in [9.17, 15) is 9.59 Å². The van der Waals surface area contributed by atoms with Gasteiger partial charge in [-0.2, -0.15) is 0 Å². The molecule has 0 aliphatic carbocycles. The maximum absolute atomic E-state index is 11.9. The summed E-state index contributed by atoms with van der Waals surface area (Å²) < 4.78 is 10.3. The zero-order chi connectivity index (χ0) is 15.1. The average Bonchev–Trinajstić information content (AvgIpc) is 2.51. The second-order valence-corrected chi connectivity index (χ2v) is 4.78. The van der Waals surface area contributed by atoms with E-state index >= 15 is 0 Å². The van der Waals surface area contributed by atoms with Gasteiger partial charge in [-0.05, 0) is 12.1 Å². The zero-order valence-electron chi connectivity index (χ0n) is 12.1. The number of hydrogen-bond donors (Lipinski definition) is 1. The SMILES string of the molecule is COC(=O)C[C@H]1C(=O)NCCN1CCOc1ccccc1. The summed E-state index contributed by atoms with van der Waals surface area (Å²) in [6.45, 7) is 2.34. The fourth-order valence-corrected chi connectivity index (χ4v) is 2.29. The van der Waals surface area contributed by atoms with Crippen LogP contribution >= 0.6 is 0 Å². The molecule has 6 nitrogen and oxygen atoms in total. The Morgan fingerprint density at radius 2 is 2.14 bits per heavy atom. The lowest BCUT2D eigenvalue weighted by Gasteiger charge is -2.34. The highest BCUT2D eigenvalue weighted by atomic mass is 16.5. The van der Waals surface area contributed by atoms with Gasteiger partial charge in [-0.15, -0.1) is 0 Å². The molecule has 6 heteroatoms. The van der Waals surface area contributed by atoms with Crippen LogP contribution < -0.4 is 10.1 Å². The lowest BCUT2D eigenvalue weighted by Crippen LogP contribution is -2.56. The fourth-order valence-electron chi connectivity index (χ4n) is 2.29. The van der Waals surface area contributed by atoms with Crippen LogP contribution in [0, 0.1) is 0 Å². The number of benzene rings is 1. The Hall–Kier alpha value is -2.08. The molecule has 1 atom stereocenters. The molecule has 1 N–H and O–H groups in total. The van der Waals surface area contributed by atoms with Crippen LogP contribution in [0.3, 0.4) is 0 Å². The van der Waals surface area contributed by atoms with E-state index in [1.54, 1.807) is 0 Å². The summed E-state index contributed by atoms with van der Waals surface area (Å²) in [7, 11) is 1.33.